The van der Waals surface area contributed by atoms with Gasteiger partial charge in [-0.25, -0.2) is 0 Å². The van der Waals surface area contributed by atoms with Crippen molar-refractivity contribution in [2.75, 3.05) is 0 Å². The molecule has 0 aliphatic heterocycles. The van der Waals surface area contributed by atoms with Crippen LogP contribution in [0.4, 0.5) is 0 Å². The van der Waals surface area contributed by atoms with Gasteiger partial charge in [-0.15, -0.1) is 10.1 Å². The van der Waals surface area contributed by atoms with E-state index in [1.54, 1.807) is 0 Å². The third kappa shape index (κ3) is 152. The molecule has 0 spiro atoms. The molecule has 0 aliphatic rings. The normalized spacial score (nSPS) is 2.40. The van der Waals surface area contributed by atoms with E-state index in [0.717, 1.165) is 0 Å². The van der Waals surface area contributed by atoms with Crippen LogP contribution in [-0.4, -0.2) is 10.3 Å². The molecule has 0 fully saturated rings. The average Bonchev–Trinajstić information content (AvgIpc) is 0.811. The van der Waals surface area contributed by atoms with Crippen LogP contribution in [0.1, 0.15) is 0 Å². The smallest absolute Gasteiger partial charge is 1.00 e. The van der Waals surface area contributed by atoms with Crippen molar-refractivity contribution in [2.24, 2.45) is 0 Å². The maximum absolute atomic E-state index is 8.36. The summed E-state index contributed by atoms with van der Waals surface area (Å²) in [5.41, 5.74) is 0. The number of hydrogen-bond acceptors (Lipinski definition) is 2. The molecule has 1 N–H and O–H groups in total. The molecule has 0 radical (unpaired) electrons. The minimum Gasteiger partial charge on any atom is -1.00 e. The first-order valence-corrected chi connectivity index (χ1v) is 0.565. The first kappa shape index (κ1) is 54.7. The molecule has 0 rings (SSSR count). The fourth-order valence-electron chi connectivity index (χ4n) is 0. The molecule has 0 bridgehead atoms. The van der Waals surface area contributed by atoms with E-state index in [-0.39, 0.29) is 110 Å². The Morgan fingerprint density at radius 3 is 1.20 bits per heavy atom. The van der Waals surface area contributed by atoms with E-state index in [9.17, 15) is 0 Å². The minimum absolute atomic E-state index is 0. The van der Waals surface area contributed by atoms with Crippen LogP contribution >= 0.6 is 0 Å². The van der Waals surface area contributed by atoms with Gasteiger partial charge >= 0.3 is 56.6 Å². The fraction of sp³-hybridized carbons (Fsp3) is 0. The Labute approximate surface area is 128 Å². The van der Waals surface area contributed by atoms with Gasteiger partial charge in [-0.3, -0.25) is 0 Å². The van der Waals surface area contributed by atoms with Crippen LogP contribution in [0.2, 0.25) is 0 Å². The fourth-order valence-corrected chi connectivity index (χ4v) is 0. The third-order valence-corrected chi connectivity index (χ3v) is 0. The van der Waals surface area contributed by atoms with Gasteiger partial charge < -0.3 is 58.6 Å². The summed E-state index contributed by atoms with van der Waals surface area (Å²) < 4.78 is 0. The van der Waals surface area contributed by atoms with Gasteiger partial charge in [0.05, 0.1) is 0 Å². The van der Waals surface area contributed by atoms with E-state index in [0.29, 0.717) is 0 Å². The molecule has 0 unspecified atom stereocenters. The summed E-state index contributed by atoms with van der Waals surface area (Å²) >= 11 is 0. The zero-order valence-corrected chi connectivity index (χ0v) is 10.3. The zero-order valence-electron chi connectivity index (χ0n) is 5.84. The maximum Gasteiger partial charge on any atom is 1.00 e. The van der Waals surface area contributed by atoms with E-state index in [1.807, 2.05) is 0 Å². The van der Waals surface area contributed by atoms with E-state index in [1.165, 1.54) is 0 Å². The van der Waals surface area contributed by atoms with Gasteiger partial charge in [-0.2, -0.15) is 0 Å². The molecular weight excluding hydrogens is 325 g/mol. The molecular formula is HBrClILi3NO3. The van der Waals surface area contributed by atoms with E-state index in [4.69, 9.17) is 15.3 Å². The summed E-state index contributed by atoms with van der Waals surface area (Å²) in [6, 6.07) is 0. The Morgan fingerprint density at radius 1 is 1.20 bits per heavy atom. The first-order chi connectivity index (χ1) is 1.73. The molecule has 0 aromatic rings. The molecule has 0 heterocycles. The number of nitrogens with zero attached hydrogens (tertiary/aromatic N) is 1. The van der Waals surface area contributed by atoms with Gasteiger partial charge in [-0.1, -0.05) is 0 Å². The van der Waals surface area contributed by atoms with Crippen molar-refractivity contribution in [3.63, 3.8) is 0 Å². The third-order valence-electron chi connectivity index (χ3n) is 0. The molecule has 0 saturated heterocycles. The van der Waals surface area contributed by atoms with E-state index < -0.39 is 5.09 Å². The Morgan fingerprint density at radius 2 is 1.20 bits per heavy atom. The Kier molecular flexibility index (Phi) is 229. The Bertz CT molecular complexity index is 46.7. The number of rotatable bonds is 0. The maximum atomic E-state index is 8.36. The minimum atomic E-state index is -1.50. The summed E-state index contributed by atoms with van der Waals surface area (Å²) in [5.74, 6) is 0. The van der Waals surface area contributed by atoms with Gasteiger partial charge in [0, 0.05) is 0 Å². The predicted octanol–water partition coefficient (Wildman–Crippen LogP) is -18.3. The van der Waals surface area contributed by atoms with Gasteiger partial charge in [0.1, 0.15) is 0 Å². The second-order valence-corrected chi connectivity index (χ2v) is 0.238. The molecule has 0 aliphatic carbocycles. The second-order valence-electron chi connectivity index (χ2n) is 0.238. The summed E-state index contributed by atoms with van der Waals surface area (Å²) in [6.07, 6.45) is 0. The van der Waals surface area contributed by atoms with Crippen molar-refractivity contribution in [3.8, 4) is 0 Å². The van der Waals surface area contributed by atoms with Crippen LogP contribution in [0.5, 0.6) is 0 Å². The zero-order chi connectivity index (χ0) is 3.58. The SMILES string of the molecule is O=[N+]([O-])O.[Br-].[Cl-].[I-].[Li+].[Li+].[Li+]. The van der Waals surface area contributed by atoms with Crippen molar-refractivity contribution in [1.29, 1.82) is 0 Å². The molecule has 0 atom stereocenters. The van der Waals surface area contributed by atoms with Gasteiger partial charge in [0.15, 0.2) is 0 Å². The van der Waals surface area contributed by atoms with Crippen LogP contribution < -0.4 is 110 Å². The van der Waals surface area contributed by atoms with Crippen molar-refractivity contribution < 1.29 is 120 Å². The summed E-state index contributed by atoms with van der Waals surface area (Å²) in [6.45, 7) is 0. The van der Waals surface area contributed by atoms with Gasteiger partial charge in [-0.05, 0) is 0 Å². The predicted molar refractivity (Wildman–Crippen MR) is 8.78 cm³/mol. The van der Waals surface area contributed by atoms with Crippen molar-refractivity contribution in [2.45, 2.75) is 0 Å². The molecule has 0 saturated carbocycles. The van der Waals surface area contributed by atoms with Crippen LogP contribution in [0, 0.1) is 10.1 Å². The van der Waals surface area contributed by atoms with Crippen LogP contribution in [0.15, 0.2) is 0 Å². The first-order valence-electron chi connectivity index (χ1n) is 0.565. The Balaban J connectivity index is -0.00000000300. The van der Waals surface area contributed by atoms with Crippen LogP contribution in [0.3, 0.4) is 0 Å². The average molecular weight is 326 g/mol. The summed E-state index contributed by atoms with van der Waals surface area (Å²) in [7, 11) is 0. The molecule has 10 heavy (non-hydrogen) atoms. The topological polar surface area (TPSA) is 63.4 Å². The van der Waals surface area contributed by atoms with Crippen molar-refractivity contribution in [1.82, 2.24) is 0 Å². The number of hydrogen-bond donors (Lipinski definition) is 1. The standard InChI is InChI=1S/BrH.ClH.HI.3Li.HNO3/c;;;;;;2-1(3)4/h3*1H;;;;(H,2,3,4)/q;;;3*+1;/p-3. The molecule has 4 nitrogen and oxygen atoms in total. The van der Waals surface area contributed by atoms with Gasteiger partial charge in [0.25, 0.3) is 5.09 Å². The quantitative estimate of drug-likeness (QED) is 0.208. The van der Waals surface area contributed by atoms with Crippen LogP contribution in [-0.2, 0) is 0 Å². The largest absolute Gasteiger partial charge is 1.00 e. The molecule has 0 aromatic carbocycles. The Hall–Kier alpha value is 2.49. The van der Waals surface area contributed by atoms with Gasteiger partial charge in [0.2, 0.25) is 0 Å². The monoisotopic (exact) mass is 325 g/mol. The molecule has 48 valence electrons. The molecule has 0 aromatic heterocycles. The molecule has 10 heteroatoms. The summed E-state index contributed by atoms with van der Waals surface area (Å²) in [5, 5.41) is 13.6. The summed E-state index contributed by atoms with van der Waals surface area (Å²) in [4.78, 5) is 8.36. The second kappa shape index (κ2) is 41.9. The van der Waals surface area contributed by atoms with Crippen molar-refractivity contribution >= 4 is 0 Å². The number of halogens is 3. The van der Waals surface area contributed by atoms with E-state index in [2.05, 4.69) is 0 Å². The molecule has 0 amide bonds. The van der Waals surface area contributed by atoms with Crippen molar-refractivity contribution in [3.05, 3.63) is 10.1 Å². The van der Waals surface area contributed by atoms with E-state index >= 15 is 0 Å². The van der Waals surface area contributed by atoms with Crippen LogP contribution in [0.25, 0.3) is 0 Å².